The predicted octanol–water partition coefficient (Wildman–Crippen LogP) is 7.79. The normalized spacial score (nSPS) is 15.9. The van der Waals surface area contributed by atoms with Gasteiger partial charge in [0.1, 0.15) is 11.4 Å². The van der Waals surface area contributed by atoms with Gasteiger partial charge in [0.15, 0.2) is 0 Å². The van der Waals surface area contributed by atoms with Gasteiger partial charge in [0, 0.05) is 17.8 Å². The summed E-state index contributed by atoms with van der Waals surface area (Å²) in [5, 5.41) is 9.45. The molecule has 1 atom stereocenters. The van der Waals surface area contributed by atoms with E-state index in [1.165, 1.54) is 25.7 Å². The van der Waals surface area contributed by atoms with Gasteiger partial charge in [-0.1, -0.05) is 58.8 Å². The fourth-order valence-corrected chi connectivity index (χ4v) is 6.31. The minimum atomic E-state index is -0.987. The summed E-state index contributed by atoms with van der Waals surface area (Å²) in [6, 6.07) is 11.4. The van der Waals surface area contributed by atoms with Crippen molar-refractivity contribution in [2.24, 2.45) is 0 Å². The van der Waals surface area contributed by atoms with Gasteiger partial charge in [0.05, 0.1) is 22.9 Å². The summed E-state index contributed by atoms with van der Waals surface area (Å²) >= 11 is 0. The zero-order chi connectivity index (χ0) is 27.1. The predicted molar refractivity (Wildman–Crippen MR) is 153 cm³/mol. The van der Waals surface area contributed by atoms with Crippen molar-refractivity contribution in [3.63, 3.8) is 0 Å². The zero-order valence-electron chi connectivity index (χ0n) is 23.5. The second-order valence-corrected chi connectivity index (χ2v) is 13.0. The summed E-state index contributed by atoms with van der Waals surface area (Å²) < 4.78 is 14.6. The van der Waals surface area contributed by atoms with Gasteiger partial charge in [-0.25, -0.2) is 0 Å². The molecule has 3 rings (SSSR count). The average molecular weight is 520 g/mol. The summed E-state index contributed by atoms with van der Waals surface area (Å²) in [4.78, 5) is 13.7. The van der Waals surface area contributed by atoms with Crippen molar-refractivity contribution >= 4 is 14.7 Å². The van der Waals surface area contributed by atoms with Gasteiger partial charge in [-0.2, -0.15) is 5.26 Å². The molecule has 2 aromatic rings. The molecule has 37 heavy (non-hydrogen) atoms. The third-order valence-electron chi connectivity index (χ3n) is 6.96. The van der Waals surface area contributed by atoms with Gasteiger partial charge in [0.2, 0.25) is 9.04 Å². The number of nitrogens with zero attached hydrogens (tertiary/aromatic N) is 2. The van der Waals surface area contributed by atoms with Crippen LogP contribution in [0.4, 0.5) is 0 Å². The summed E-state index contributed by atoms with van der Waals surface area (Å²) in [6.07, 6.45) is 13.9. The van der Waals surface area contributed by atoms with Gasteiger partial charge in [-0.3, -0.25) is 9.36 Å². The second-order valence-electron chi connectivity index (χ2n) is 11.0. The van der Waals surface area contributed by atoms with E-state index in [1.54, 1.807) is 22.8 Å². The molecular formula is C31H43N2O3Si. The molecule has 1 aliphatic rings. The molecule has 1 unspecified atom stereocenters. The maximum absolute atomic E-state index is 13.7. The van der Waals surface area contributed by atoms with Crippen molar-refractivity contribution in [1.82, 2.24) is 4.57 Å². The molecule has 0 spiro atoms. The number of rotatable bonds is 13. The number of ether oxygens (including phenoxy) is 1. The molecule has 0 saturated heterocycles. The van der Waals surface area contributed by atoms with Gasteiger partial charge in [0.25, 0.3) is 5.56 Å². The SMILES string of the molecule is CCCCCCCC(CCCC)(O[Si](C)C)c1ccn(C2=CC(C)(C)Oc3ccc(C#N)cc32)c(=O)c1. The van der Waals surface area contributed by atoms with Crippen LogP contribution < -0.4 is 10.3 Å². The van der Waals surface area contributed by atoms with Crippen molar-refractivity contribution in [2.75, 3.05) is 0 Å². The Balaban J connectivity index is 2.05. The molecule has 199 valence electrons. The van der Waals surface area contributed by atoms with Crippen molar-refractivity contribution in [3.8, 4) is 11.8 Å². The standard InChI is InChI=1S/C31H43N2O3Si/c1-7-9-11-12-13-18-31(17-10-8-2,36-37(5)6)25-16-19-33(29(34)21-25)27-22-30(3,4)35-28-15-14-24(23-32)20-26(27)28/h14-16,19-22H,7-13,17-18H2,1-6H3. The first kappa shape index (κ1) is 28.9. The van der Waals surface area contributed by atoms with E-state index in [0.717, 1.165) is 48.9 Å². The third-order valence-corrected chi connectivity index (χ3v) is 7.76. The summed E-state index contributed by atoms with van der Waals surface area (Å²) in [7, 11) is -0.987. The topological polar surface area (TPSA) is 64.2 Å². The second kappa shape index (κ2) is 12.8. The molecule has 0 bridgehead atoms. The van der Waals surface area contributed by atoms with Crippen LogP contribution in [0.25, 0.3) is 5.70 Å². The van der Waals surface area contributed by atoms with Crippen molar-refractivity contribution < 1.29 is 9.16 Å². The molecule has 1 aromatic heterocycles. The highest BCUT2D eigenvalue weighted by atomic mass is 28.3. The maximum Gasteiger partial charge on any atom is 0.255 e. The molecule has 0 aliphatic carbocycles. The fourth-order valence-electron chi connectivity index (χ4n) is 5.21. The van der Waals surface area contributed by atoms with Crippen LogP contribution in [0.1, 0.15) is 102 Å². The van der Waals surface area contributed by atoms with Crippen LogP contribution in [0, 0.1) is 11.3 Å². The summed E-state index contributed by atoms with van der Waals surface area (Å²) in [5.41, 5.74) is 1.93. The van der Waals surface area contributed by atoms with Crippen LogP contribution in [0.3, 0.4) is 0 Å². The quantitative estimate of drug-likeness (QED) is 0.200. The summed E-state index contributed by atoms with van der Waals surface area (Å²) in [5.74, 6) is 0.675. The van der Waals surface area contributed by atoms with Crippen LogP contribution in [0.5, 0.6) is 5.75 Å². The first-order chi connectivity index (χ1) is 17.6. The Bertz CT molecular complexity index is 1190. The van der Waals surface area contributed by atoms with Crippen LogP contribution in [0.15, 0.2) is 47.4 Å². The van der Waals surface area contributed by atoms with Gasteiger partial charge in [-0.15, -0.1) is 0 Å². The lowest BCUT2D eigenvalue weighted by Gasteiger charge is -2.37. The van der Waals surface area contributed by atoms with Crippen LogP contribution in [-0.2, 0) is 10.0 Å². The highest BCUT2D eigenvalue weighted by Gasteiger charge is 2.34. The Kier molecular flexibility index (Phi) is 9.98. The number of pyridine rings is 1. The fraction of sp³-hybridized carbons (Fsp3) is 0.548. The van der Waals surface area contributed by atoms with Crippen LogP contribution >= 0.6 is 0 Å². The number of benzene rings is 1. The van der Waals surface area contributed by atoms with E-state index < -0.39 is 20.2 Å². The van der Waals surface area contributed by atoms with Gasteiger partial charge < -0.3 is 9.16 Å². The largest absolute Gasteiger partial charge is 0.483 e. The number of hydrogen-bond donors (Lipinski definition) is 0. The Morgan fingerprint density at radius 1 is 1.03 bits per heavy atom. The molecule has 1 radical (unpaired) electrons. The lowest BCUT2D eigenvalue weighted by molar-refractivity contribution is 0.0402. The number of aromatic nitrogens is 1. The molecule has 0 saturated carbocycles. The maximum atomic E-state index is 13.7. The minimum absolute atomic E-state index is 0.0915. The number of hydrogen-bond acceptors (Lipinski definition) is 4. The van der Waals surface area contributed by atoms with Crippen LogP contribution in [0.2, 0.25) is 13.1 Å². The van der Waals surface area contributed by atoms with Gasteiger partial charge in [-0.05, 0) is 75.7 Å². The van der Waals surface area contributed by atoms with Crippen LogP contribution in [-0.4, -0.2) is 19.2 Å². The molecule has 5 nitrogen and oxygen atoms in total. The van der Waals surface area contributed by atoms with E-state index in [2.05, 4.69) is 39.1 Å². The van der Waals surface area contributed by atoms with Crippen molar-refractivity contribution in [2.45, 2.75) is 110 Å². The number of nitriles is 1. The molecule has 0 amide bonds. The smallest absolute Gasteiger partial charge is 0.255 e. The van der Waals surface area contributed by atoms with E-state index in [0.29, 0.717) is 11.3 Å². The first-order valence-electron chi connectivity index (χ1n) is 13.8. The Morgan fingerprint density at radius 3 is 2.38 bits per heavy atom. The minimum Gasteiger partial charge on any atom is -0.483 e. The van der Waals surface area contributed by atoms with Crippen molar-refractivity contribution in [3.05, 3.63) is 69.6 Å². The van der Waals surface area contributed by atoms with E-state index in [9.17, 15) is 10.1 Å². The third kappa shape index (κ3) is 7.24. The molecular weight excluding hydrogens is 476 g/mol. The van der Waals surface area contributed by atoms with E-state index in [-0.39, 0.29) is 5.56 Å². The van der Waals surface area contributed by atoms with E-state index in [4.69, 9.17) is 9.16 Å². The lowest BCUT2D eigenvalue weighted by Crippen LogP contribution is -2.36. The molecule has 6 heteroatoms. The average Bonchev–Trinajstić information content (AvgIpc) is 2.85. The van der Waals surface area contributed by atoms with E-state index in [1.807, 2.05) is 32.2 Å². The van der Waals surface area contributed by atoms with E-state index >= 15 is 0 Å². The Labute approximate surface area is 224 Å². The summed E-state index contributed by atoms with van der Waals surface area (Å²) in [6.45, 7) is 12.8. The lowest BCUT2D eigenvalue weighted by atomic mass is 9.84. The Hall–Kier alpha value is -2.62. The number of unbranched alkanes of at least 4 members (excludes halogenated alkanes) is 5. The highest BCUT2D eigenvalue weighted by molar-refractivity contribution is 6.48. The molecule has 1 aromatic carbocycles. The molecule has 0 fully saturated rings. The monoisotopic (exact) mass is 519 g/mol. The number of fused-ring (bicyclic) bond motifs is 1. The Morgan fingerprint density at radius 2 is 1.73 bits per heavy atom. The van der Waals surface area contributed by atoms with Crippen molar-refractivity contribution in [1.29, 1.82) is 5.26 Å². The van der Waals surface area contributed by atoms with Gasteiger partial charge >= 0.3 is 0 Å². The molecule has 1 aliphatic heterocycles. The molecule has 0 N–H and O–H groups in total. The highest BCUT2D eigenvalue weighted by Crippen LogP contribution is 2.39. The first-order valence-corrected chi connectivity index (χ1v) is 16.2. The zero-order valence-corrected chi connectivity index (χ0v) is 24.5. The molecule has 2 heterocycles.